The highest BCUT2D eigenvalue weighted by atomic mass is 32.1. The first-order valence-corrected chi connectivity index (χ1v) is 8.36. The minimum Gasteiger partial charge on any atom is -0.337 e. The fourth-order valence-electron chi connectivity index (χ4n) is 2.87. The van der Waals surface area contributed by atoms with Gasteiger partial charge >= 0.3 is 0 Å². The minimum absolute atomic E-state index is 0.119. The maximum Gasteiger partial charge on any atom is 0.219 e. The molecule has 1 amide bonds. The van der Waals surface area contributed by atoms with E-state index in [9.17, 15) is 4.79 Å². The van der Waals surface area contributed by atoms with Crippen LogP contribution in [0.2, 0.25) is 0 Å². The summed E-state index contributed by atoms with van der Waals surface area (Å²) in [4.78, 5) is 23.8. The number of amides is 1. The lowest BCUT2D eigenvalue weighted by atomic mass is 10.2. The van der Waals surface area contributed by atoms with Gasteiger partial charge in [-0.2, -0.15) is 0 Å². The molecule has 4 rings (SSSR count). The van der Waals surface area contributed by atoms with Crippen LogP contribution >= 0.6 is 11.3 Å². The smallest absolute Gasteiger partial charge is 0.219 e. The number of aryl methyl sites for hydroxylation is 1. The lowest BCUT2D eigenvalue weighted by molar-refractivity contribution is -0.129. The molecule has 1 aliphatic heterocycles. The molecule has 1 aliphatic rings. The SMILES string of the molecule is CC(=O)N1CCc2nc(Nc3nc4ccccc4n3C)sc2C1. The first-order valence-electron chi connectivity index (χ1n) is 7.54. The van der Waals surface area contributed by atoms with E-state index in [4.69, 9.17) is 0 Å². The highest BCUT2D eigenvalue weighted by Crippen LogP contribution is 2.30. The van der Waals surface area contributed by atoms with Crippen molar-refractivity contribution in [1.29, 1.82) is 0 Å². The molecule has 118 valence electrons. The van der Waals surface area contributed by atoms with Crippen LogP contribution in [0.4, 0.5) is 11.1 Å². The van der Waals surface area contributed by atoms with Gasteiger partial charge in [-0.05, 0) is 12.1 Å². The van der Waals surface area contributed by atoms with E-state index in [1.165, 1.54) is 0 Å². The first-order chi connectivity index (χ1) is 11.1. The predicted molar refractivity (Wildman–Crippen MR) is 90.9 cm³/mol. The van der Waals surface area contributed by atoms with Gasteiger partial charge in [-0.25, -0.2) is 9.97 Å². The topological polar surface area (TPSA) is 63.1 Å². The van der Waals surface area contributed by atoms with Crippen molar-refractivity contribution in [3.63, 3.8) is 0 Å². The van der Waals surface area contributed by atoms with Crippen LogP contribution < -0.4 is 5.32 Å². The summed E-state index contributed by atoms with van der Waals surface area (Å²) in [7, 11) is 1.99. The largest absolute Gasteiger partial charge is 0.337 e. The number of thiazole rings is 1. The van der Waals surface area contributed by atoms with Crippen molar-refractivity contribution in [3.05, 3.63) is 34.8 Å². The fraction of sp³-hybridized carbons (Fsp3) is 0.312. The number of fused-ring (bicyclic) bond motifs is 2. The number of aromatic nitrogens is 3. The zero-order valence-corrected chi connectivity index (χ0v) is 13.9. The van der Waals surface area contributed by atoms with Gasteiger partial charge in [-0.1, -0.05) is 23.5 Å². The molecular formula is C16H17N5OS. The number of carbonyl (C=O) groups excluding carboxylic acids is 1. The molecular weight excluding hydrogens is 310 g/mol. The maximum absolute atomic E-state index is 11.5. The molecule has 0 bridgehead atoms. The quantitative estimate of drug-likeness (QED) is 0.786. The van der Waals surface area contributed by atoms with E-state index in [-0.39, 0.29) is 5.91 Å². The molecule has 0 fully saturated rings. The van der Waals surface area contributed by atoms with Crippen LogP contribution in [0.25, 0.3) is 11.0 Å². The third-order valence-electron chi connectivity index (χ3n) is 4.18. The van der Waals surface area contributed by atoms with Gasteiger partial charge in [0.15, 0.2) is 5.13 Å². The molecule has 0 atom stereocenters. The molecule has 0 unspecified atom stereocenters. The third kappa shape index (κ3) is 2.46. The highest BCUT2D eigenvalue weighted by Gasteiger charge is 2.22. The Labute approximate surface area is 137 Å². The van der Waals surface area contributed by atoms with Crippen molar-refractivity contribution < 1.29 is 4.79 Å². The molecule has 7 heteroatoms. The Bertz CT molecular complexity index is 897. The van der Waals surface area contributed by atoms with Crippen LogP contribution in [0.15, 0.2) is 24.3 Å². The van der Waals surface area contributed by atoms with Gasteiger partial charge in [0.25, 0.3) is 0 Å². The van der Waals surface area contributed by atoms with Crippen molar-refractivity contribution in [2.45, 2.75) is 19.9 Å². The summed E-state index contributed by atoms with van der Waals surface area (Å²) in [5.41, 5.74) is 3.13. The van der Waals surface area contributed by atoms with Crippen molar-refractivity contribution in [1.82, 2.24) is 19.4 Å². The second-order valence-electron chi connectivity index (χ2n) is 5.69. The number of anilines is 2. The zero-order chi connectivity index (χ0) is 16.0. The highest BCUT2D eigenvalue weighted by molar-refractivity contribution is 7.15. The molecule has 0 spiro atoms. The van der Waals surface area contributed by atoms with E-state index >= 15 is 0 Å². The Balaban J connectivity index is 1.62. The van der Waals surface area contributed by atoms with Crippen LogP contribution in [0, 0.1) is 0 Å². The molecule has 0 radical (unpaired) electrons. The van der Waals surface area contributed by atoms with Crippen LogP contribution in [0.3, 0.4) is 0 Å². The number of carbonyl (C=O) groups is 1. The minimum atomic E-state index is 0.119. The Morgan fingerprint density at radius 3 is 2.91 bits per heavy atom. The number of rotatable bonds is 2. The van der Waals surface area contributed by atoms with Crippen LogP contribution in [0.1, 0.15) is 17.5 Å². The van der Waals surface area contributed by atoms with Gasteiger partial charge in [0, 0.05) is 31.8 Å². The van der Waals surface area contributed by atoms with Gasteiger partial charge in [0.1, 0.15) is 0 Å². The summed E-state index contributed by atoms with van der Waals surface area (Å²) in [6.07, 6.45) is 0.815. The number of benzene rings is 1. The van der Waals surface area contributed by atoms with Crippen LogP contribution in [-0.4, -0.2) is 31.9 Å². The second kappa shape index (κ2) is 5.34. The summed E-state index contributed by atoms with van der Waals surface area (Å²) >= 11 is 1.60. The lowest BCUT2D eigenvalue weighted by Crippen LogP contribution is -2.33. The molecule has 1 aromatic carbocycles. The monoisotopic (exact) mass is 327 g/mol. The molecule has 6 nitrogen and oxygen atoms in total. The number of hydrogen-bond donors (Lipinski definition) is 1. The molecule has 2 aromatic heterocycles. The number of imidazole rings is 1. The van der Waals surface area contributed by atoms with Gasteiger partial charge in [-0.15, -0.1) is 0 Å². The maximum atomic E-state index is 11.5. The van der Waals surface area contributed by atoms with Gasteiger partial charge in [0.2, 0.25) is 11.9 Å². The molecule has 23 heavy (non-hydrogen) atoms. The van der Waals surface area contributed by atoms with Crippen LogP contribution in [0.5, 0.6) is 0 Å². The number of nitrogens with one attached hydrogen (secondary N) is 1. The summed E-state index contributed by atoms with van der Waals surface area (Å²) < 4.78 is 2.03. The Hall–Kier alpha value is -2.41. The zero-order valence-electron chi connectivity index (χ0n) is 13.0. The molecule has 0 aliphatic carbocycles. The second-order valence-corrected chi connectivity index (χ2v) is 6.77. The third-order valence-corrected chi connectivity index (χ3v) is 5.18. The number of nitrogens with zero attached hydrogens (tertiary/aromatic N) is 4. The molecule has 3 heterocycles. The average Bonchev–Trinajstić information content (AvgIpc) is 3.08. The molecule has 1 N–H and O–H groups in total. The van der Waals surface area contributed by atoms with Crippen molar-refractivity contribution >= 4 is 39.4 Å². The van der Waals surface area contributed by atoms with Crippen LogP contribution in [-0.2, 0) is 24.8 Å². The summed E-state index contributed by atoms with van der Waals surface area (Å²) in [5.74, 6) is 0.898. The summed E-state index contributed by atoms with van der Waals surface area (Å²) in [5, 5.41) is 4.15. The van der Waals surface area contributed by atoms with Gasteiger partial charge < -0.3 is 14.8 Å². The van der Waals surface area contributed by atoms with Crippen molar-refractivity contribution in [3.8, 4) is 0 Å². The van der Waals surface area contributed by atoms with E-state index in [1.54, 1.807) is 18.3 Å². The summed E-state index contributed by atoms with van der Waals surface area (Å²) in [6, 6.07) is 8.03. The average molecular weight is 327 g/mol. The van der Waals surface area contributed by atoms with E-state index in [0.717, 1.165) is 45.6 Å². The first kappa shape index (κ1) is 14.2. The molecule has 0 saturated carbocycles. The van der Waals surface area contributed by atoms with E-state index in [0.29, 0.717) is 6.54 Å². The molecule has 0 saturated heterocycles. The van der Waals surface area contributed by atoms with Gasteiger partial charge in [-0.3, -0.25) is 4.79 Å². The summed E-state index contributed by atoms with van der Waals surface area (Å²) in [6.45, 7) is 3.02. The Morgan fingerprint density at radius 2 is 2.13 bits per heavy atom. The van der Waals surface area contributed by atoms with Crippen molar-refractivity contribution in [2.75, 3.05) is 11.9 Å². The van der Waals surface area contributed by atoms with Gasteiger partial charge in [0.05, 0.1) is 23.3 Å². The number of hydrogen-bond acceptors (Lipinski definition) is 5. The predicted octanol–water partition coefficient (Wildman–Crippen LogP) is 2.68. The van der Waals surface area contributed by atoms with E-state index in [1.807, 2.05) is 40.8 Å². The fourth-order valence-corrected chi connectivity index (χ4v) is 3.89. The standard InChI is InChI=1S/C16H17N5OS/c1-10(22)21-8-7-12-14(9-21)23-16(18-12)19-15-17-11-5-3-4-6-13(11)20(15)2/h3-6H,7-9H2,1-2H3,(H,17,18,19). The lowest BCUT2D eigenvalue weighted by Gasteiger charge is -2.24. The van der Waals surface area contributed by atoms with E-state index < -0.39 is 0 Å². The normalized spacial score (nSPS) is 14.1. The Kier molecular flexibility index (Phi) is 3.30. The van der Waals surface area contributed by atoms with E-state index in [2.05, 4.69) is 15.3 Å². The number of para-hydroxylation sites is 2. The Morgan fingerprint density at radius 1 is 1.30 bits per heavy atom. The van der Waals surface area contributed by atoms with Crippen molar-refractivity contribution in [2.24, 2.45) is 7.05 Å². The molecule has 3 aromatic rings.